The first kappa shape index (κ1) is 19.4. The summed E-state index contributed by atoms with van der Waals surface area (Å²) in [6, 6.07) is 13.2. The molecule has 1 fully saturated rings. The molecule has 3 rings (SSSR count). The molecule has 1 heterocycles. The number of amides is 1. The van der Waals surface area contributed by atoms with E-state index in [1.807, 2.05) is 32.9 Å². The molecular formula is C20H24N2O4S. The van der Waals surface area contributed by atoms with Crippen LogP contribution in [0.4, 0.5) is 5.69 Å². The van der Waals surface area contributed by atoms with E-state index < -0.39 is 10.0 Å². The van der Waals surface area contributed by atoms with Crippen LogP contribution in [0.25, 0.3) is 0 Å². The number of ether oxygens (including phenoxy) is 1. The summed E-state index contributed by atoms with van der Waals surface area (Å²) in [5, 5.41) is 0. The van der Waals surface area contributed by atoms with Gasteiger partial charge in [0.05, 0.1) is 23.6 Å². The number of morpholine rings is 1. The van der Waals surface area contributed by atoms with Crippen molar-refractivity contribution in [2.24, 2.45) is 0 Å². The van der Waals surface area contributed by atoms with E-state index in [0.717, 1.165) is 5.56 Å². The normalized spacial score (nSPS) is 20.3. The lowest BCUT2D eigenvalue weighted by Crippen LogP contribution is -2.50. The zero-order valence-corrected chi connectivity index (χ0v) is 16.5. The number of anilines is 1. The van der Waals surface area contributed by atoms with Crippen LogP contribution < -0.4 is 4.72 Å². The molecule has 7 heteroatoms. The third kappa shape index (κ3) is 4.48. The Kier molecular flexibility index (Phi) is 5.53. The molecule has 1 N–H and O–H groups in total. The number of hydrogen-bond donors (Lipinski definition) is 1. The molecule has 1 saturated heterocycles. The van der Waals surface area contributed by atoms with Crippen LogP contribution in [0.2, 0.25) is 0 Å². The summed E-state index contributed by atoms with van der Waals surface area (Å²) in [7, 11) is -3.78. The molecule has 1 aliphatic heterocycles. The number of aryl methyl sites for hydroxylation is 1. The second-order valence-corrected chi connectivity index (χ2v) is 8.63. The summed E-state index contributed by atoms with van der Waals surface area (Å²) in [4.78, 5) is 14.7. The highest BCUT2D eigenvalue weighted by atomic mass is 32.2. The van der Waals surface area contributed by atoms with Crippen molar-refractivity contribution in [2.45, 2.75) is 37.8 Å². The Hall–Kier alpha value is -2.38. The highest BCUT2D eigenvalue weighted by molar-refractivity contribution is 7.92. The van der Waals surface area contributed by atoms with Crippen molar-refractivity contribution in [3.8, 4) is 0 Å². The van der Waals surface area contributed by atoms with Gasteiger partial charge in [-0.05, 0) is 51.1 Å². The van der Waals surface area contributed by atoms with Gasteiger partial charge in [0, 0.05) is 17.8 Å². The topological polar surface area (TPSA) is 75.7 Å². The molecule has 0 aliphatic carbocycles. The average Bonchev–Trinajstić information content (AvgIpc) is 2.65. The van der Waals surface area contributed by atoms with Gasteiger partial charge in [0.2, 0.25) is 0 Å². The van der Waals surface area contributed by atoms with Gasteiger partial charge in [0.15, 0.2) is 0 Å². The van der Waals surface area contributed by atoms with Gasteiger partial charge >= 0.3 is 0 Å². The molecule has 0 aromatic heterocycles. The second kappa shape index (κ2) is 7.70. The Morgan fingerprint density at radius 2 is 1.85 bits per heavy atom. The molecular weight excluding hydrogens is 364 g/mol. The number of carbonyl (C=O) groups is 1. The number of nitrogens with one attached hydrogen (secondary N) is 1. The number of benzene rings is 2. The minimum atomic E-state index is -3.78. The average molecular weight is 388 g/mol. The van der Waals surface area contributed by atoms with Crippen LogP contribution in [0.3, 0.4) is 0 Å². The number of rotatable bonds is 4. The molecule has 0 radical (unpaired) electrons. The molecule has 6 nitrogen and oxygen atoms in total. The van der Waals surface area contributed by atoms with E-state index >= 15 is 0 Å². The maximum Gasteiger partial charge on any atom is 0.261 e. The van der Waals surface area contributed by atoms with Gasteiger partial charge in [-0.3, -0.25) is 9.52 Å². The van der Waals surface area contributed by atoms with Gasteiger partial charge in [0.25, 0.3) is 15.9 Å². The number of hydrogen-bond acceptors (Lipinski definition) is 4. The van der Waals surface area contributed by atoms with Crippen molar-refractivity contribution in [3.63, 3.8) is 0 Å². The SMILES string of the molecule is Cc1ccc(NS(=O)(=O)c2cccc(C(=O)N3CC(C)OCC3C)c2)cc1. The third-order valence-electron chi connectivity index (χ3n) is 4.56. The third-order valence-corrected chi connectivity index (χ3v) is 5.94. The van der Waals surface area contributed by atoms with E-state index in [1.165, 1.54) is 12.1 Å². The van der Waals surface area contributed by atoms with Crippen molar-refractivity contribution < 1.29 is 17.9 Å². The van der Waals surface area contributed by atoms with Gasteiger partial charge in [-0.25, -0.2) is 8.42 Å². The molecule has 144 valence electrons. The fourth-order valence-electron chi connectivity index (χ4n) is 2.98. The Morgan fingerprint density at radius 3 is 2.56 bits per heavy atom. The first-order chi connectivity index (χ1) is 12.8. The van der Waals surface area contributed by atoms with E-state index in [2.05, 4.69) is 4.72 Å². The monoisotopic (exact) mass is 388 g/mol. The molecule has 2 unspecified atom stereocenters. The largest absolute Gasteiger partial charge is 0.375 e. The standard InChI is InChI=1S/C20H24N2O4S/c1-14-7-9-18(10-8-14)21-27(24,25)19-6-4-5-17(11-19)20(23)22-12-16(3)26-13-15(22)2/h4-11,15-16,21H,12-13H2,1-3H3. The maximum atomic E-state index is 12.9. The lowest BCUT2D eigenvalue weighted by atomic mass is 10.1. The zero-order valence-electron chi connectivity index (χ0n) is 15.7. The fraction of sp³-hybridized carbons (Fsp3) is 0.350. The van der Waals surface area contributed by atoms with Crippen molar-refractivity contribution in [1.29, 1.82) is 0 Å². The van der Waals surface area contributed by atoms with Gasteiger partial charge in [0.1, 0.15) is 0 Å². The number of nitrogens with zero attached hydrogens (tertiary/aromatic N) is 1. The molecule has 2 aromatic rings. The number of carbonyl (C=O) groups excluding carboxylic acids is 1. The number of sulfonamides is 1. The van der Waals surface area contributed by atoms with E-state index in [9.17, 15) is 13.2 Å². The van der Waals surface area contributed by atoms with Gasteiger partial charge in [-0.1, -0.05) is 23.8 Å². The summed E-state index contributed by atoms with van der Waals surface area (Å²) in [6.45, 7) is 6.72. The van der Waals surface area contributed by atoms with Gasteiger partial charge < -0.3 is 9.64 Å². The Labute approximate surface area is 160 Å². The lowest BCUT2D eigenvalue weighted by molar-refractivity contribution is -0.0387. The van der Waals surface area contributed by atoms with Crippen LogP contribution in [0.15, 0.2) is 53.4 Å². The summed E-state index contributed by atoms with van der Waals surface area (Å²) in [5.41, 5.74) is 1.87. The first-order valence-electron chi connectivity index (χ1n) is 8.88. The van der Waals surface area contributed by atoms with Gasteiger partial charge in [-0.15, -0.1) is 0 Å². The van der Waals surface area contributed by atoms with E-state index in [-0.39, 0.29) is 22.9 Å². The lowest BCUT2D eigenvalue weighted by Gasteiger charge is -2.36. The van der Waals surface area contributed by atoms with Crippen LogP contribution in [0.5, 0.6) is 0 Å². The van der Waals surface area contributed by atoms with E-state index in [0.29, 0.717) is 24.4 Å². The first-order valence-corrected chi connectivity index (χ1v) is 10.4. The molecule has 2 atom stereocenters. The Bertz CT molecular complexity index is 925. The highest BCUT2D eigenvalue weighted by Crippen LogP contribution is 2.20. The predicted octanol–water partition coefficient (Wildman–Crippen LogP) is 3.05. The minimum absolute atomic E-state index is 0.0414. The molecule has 0 spiro atoms. The zero-order chi connectivity index (χ0) is 19.6. The second-order valence-electron chi connectivity index (χ2n) is 6.95. The van der Waals surface area contributed by atoms with E-state index in [1.54, 1.807) is 29.2 Å². The van der Waals surface area contributed by atoms with Gasteiger partial charge in [-0.2, -0.15) is 0 Å². The molecule has 27 heavy (non-hydrogen) atoms. The van der Waals surface area contributed by atoms with Crippen LogP contribution in [0.1, 0.15) is 29.8 Å². The van der Waals surface area contributed by atoms with Crippen molar-refractivity contribution in [1.82, 2.24) is 4.90 Å². The summed E-state index contributed by atoms with van der Waals surface area (Å²) >= 11 is 0. The van der Waals surface area contributed by atoms with E-state index in [4.69, 9.17) is 4.74 Å². The minimum Gasteiger partial charge on any atom is -0.375 e. The molecule has 2 aromatic carbocycles. The molecule has 1 amide bonds. The Balaban J connectivity index is 1.84. The summed E-state index contributed by atoms with van der Waals surface area (Å²) < 4.78 is 33.5. The summed E-state index contributed by atoms with van der Waals surface area (Å²) in [6.07, 6.45) is -0.0414. The summed E-state index contributed by atoms with van der Waals surface area (Å²) in [5.74, 6) is -0.190. The Morgan fingerprint density at radius 1 is 1.15 bits per heavy atom. The molecule has 0 bridgehead atoms. The van der Waals surface area contributed by atoms with Crippen LogP contribution in [-0.4, -0.2) is 44.5 Å². The highest BCUT2D eigenvalue weighted by Gasteiger charge is 2.29. The quantitative estimate of drug-likeness (QED) is 0.873. The molecule has 0 saturated carbocycles. The maximum absolute atomic E-state index is 12.9. The smallest absolute Gasteiger partial charge is 0.261 e. The van der Waals surface area contributed by atoms with Crippen molar-refractivity contribution in [3.05, 3.63) is 59.7 Å². The molecule has 1 aliphatic rings. The van der Waals surface area contributed by atoms with Crippen molar-refractivity contribution in [2.75, 3.05) is 17.9 Å². The predicted molar refractivity (Wildman–Crippen MR) is 104 cm³/mol. The van der Waals surface area contributed by atoms with Crippen LogP contribution >= 0.6 is 0 Å². The van der Waals surface area contributed by atoms with Crippen LogP contribution in [0, 0.1) is 6.92 Å². The fourth-order valence-corrected chi connectivity index (χ4v) is 4.09. The van der Waals surface area contributed by atoms with Crippen LogP contribution in [-0.2, 0) is 14.8 Å². The van der Waals surface area contributed by atoms with Crippen molar-refractivity contribution >= 4 is 21.6 Å².